The number of sulfone groups is 1. The maximum Gasteiger partial charge on any atom is 0.150 e. The molecule has 0 radical (unpaired) electrons. The van der Waals surface area contributed by atoms with Crippen molar-refractivity contribution in [3.8, 4) is 0 Å². The lowest BCUT2D eigenvalue weighted by Crippen LogP contribution is -2.25. The molecule has 0 spiro atoms. The lowest BCUT2D eigenvalue weighted by molar-refractivity contribution is 0.117. The number of halogens is 1. The predicted octanol–water partition coefficient (Wildman–Crippen LogP) is 1.57. The van der Waals surface area contributed by atoms with Gasteiger partial charge in [0.15, 0.2) is 9.84 Å². The van der Waals surface area contributed by atoms with E-state index in [2.05, 4.69) is 21.0 Å². The molecule has 2 unspecified atom stereocenters. The fourth-order valence-electron chi connectivity index (χ4n) is 2.70. The van der Waals surface area contributed by atoms with Crippen molar-refractivity contribution in [2.75, 3.05) is 11.5 Å². The van der Waals surface area contributed by atoms with Gasteiger partial charge in [0.05, 0.1) is 33.5 Å². The maximum atomic E-state index is 11.5. The van der Waals surface area contributed by atoms with Crippen LogP contribution in [-0.4, -0.2) is 40.9 Å². The first-order valence-electron chi connectivity index (χ1n) is 7.00. The van der Waals surface area contributed by atoms with E-state index >= 15 is 0 Å². The number of rotatable bonds is 5. The highest BCUT2D eigenvalue weighted by Gasteiger charge is 2.33. The van der Waals surface area contributed by atoms with Gasteiger partial charge in [-0.15, -0.1) is 0 Å². The quantitative estimate of drug-likeness (QED) is 0.860. The molecular weight excluding hydrogens is 344 g/mol. The van der Waals surface area contributed by atoms with Crippen molar-refractivity contribution in [3.05, 3.63) is 15.9 Å². The van der Waals surface area contributed by atoms with Gasteiger partial charge in [-0.1, -0.05) is 6.92 Å². The van der Waals surface area contributed by atoms with Crippen LogP contribution in [0.25, 0.3) is 0 Å². The third-order valence-electron chi connectivity index (χ3n) is 3.91. The van der Waals surface area contributed by atoms with E-state index in [0.717, 1.165) is 28.8 Å². The third-order valence-corrected chi connectivity index (χ3v) is 6.62. The van der Waals surface area contributed by atoms with E-state index in [1.54, 1.807) is 0 Å². The summed E-state index contributed by atoms with van der Waals surface area (Å²) in [5.74, 6) is 0.146. The Bertz CT molecular complexity index is 583. The van der Waals surface area contributed by atoms with Crippen molar-refractivity contribution in [1.82, 2.24) is 9.78 Å². The smallest absolute Gasteiger partial charge is 0.150 e. The first-order chi connectivity index (χ1) is 9.38. The molecule has 0 saturated carbocycles. The molecule has 1 N–H and O–H groups in total. The zero-order valence-corrected chi connectivity index (χ0v) is 14.2. The number of hydrogen-bond acceptors (Lipinski definition) is 4. The summed E-state index contributed by atoms with van der Waals surface area (Å²) in [6, 6.07) is 0. The Labute approximate surface area is 128 Å². The Morgan fingerprint density at radius 3 is 2.70 bits per heavy atom. The van der Waals surface area contributed by atoms with Crippen LogP contribution >= 0.6 is 15.9 Å². The SMILES string of the molecule is CCc1nn(CC)c(CC(O)C2CCS(=O)(=O)C2)c1Br. The van der Waals surface area contributed by atoms with Crippen LogP contribution in [0.3, 0.4) is 0 Å². The Kier molecular flexibility index (Phi) is 4.92. The van der Waals surface area contributed by atoms with E-state index in [4.69, 9.17) is 0 Å². The summed E-state index contributed by atoms with van der Waals surface area (Å²) in [6.45, 7) is 4.79. The summed E-state index contributed by atoms with van der Waals surface area (Å²) >= 11 is 3.55. The molecule has 1 aliphatic heterocycles. The van der Waals surface area contributed by atoms with Crippen LogP contribution in [0.15, 0.2) is 4.47 Å². The van der Waals surface area contributed by atoms with E-state index in [1.165, 1.54) is 0 Å². The number of aryl methyl sites for hydroxylation is 2. The second-order valence-corrected chi connectivity index (χ2v) is 8.33. The summed E-state index contributed by atoms with van der Waals surface area (Å²) in [5.41, 5.74) is 1.94. The molecule has 1 fully saturated rings. The number of aliphatic hydroxyl groups excluding tert-OH is 1. The molecule has 5 nitrogen and oxygen atoms in total. The molecule has 0 amide bonds. The van der Waals surface area contributed by atoms with Crippen LogP contribution in [-0.2, 0) is 29.2 Å². The van der Waals surface area contributed by atoms with Gasteiger partial charge in [-0.25, -0.2) is 8.42 Å². The number of aliphatic hydroxyl groups is 1. The Morgan fingerprint density at radius 2 is 2.20 bits per heavy atom. The summed E-state index contributed by atoms with van der Waals surface area (Å²) in [7, 11) is -2.95. The number of nitrogens with zero attached hydrogens (tertiary/aromatic N) is 2. The number of hydrogen-bond donors (Lipinski definition) is 1. The molecule has 7 heteroatoms. The van der Waals surface area contributed by atoms with Crippen LogP contribution in [0.1, 0.15) is 31.7 Å². The van der Waals surface area contributed by atoms with Crippen molar-refractivity contribution < 1.29 is 13.5 Å². The van der Waals surface area contributed by atoms with Gasteiger partial charge < -0.3 is 5.11 Å². The predicted molar refractivity (Wildman–Crippen MR) is 81.5 cm³/mol. The largest absolute Gasteiger partial charge is 0.392 e. The molecule has 0 aliphatic carbocycles. The van der Waals surface area contributed by atoms with Gasteiger partial charge in [0.25, 0.3) is 0 Å². The first kappa shape index (κ1) is 16.0. The summed E-state index contributed by atoms with van der Waals surface area (Å²) in [5, 5.41) is 14.8. The minimum atomic E-state index is -2.95. The minimum Gasteiger partial charge on any atom is -0.392 e. The summed E-state index contributed by atoms with van der Waals surface area (Å²) < 4.78 is 25.8. The van der Waals surface area contributed by atoms with Crippen molar-refractivity contribution in [3.63, 3.8) is 0 Å². The summed E-state index contributed by atoms with van der Waals surface area (Å²) in [4.78, 5) is 0. The molecule has 20 heavy (non-hydrogen) atoms. The molecular formula is C13H21BrN2O3S. The van der Waals surface area contributed by atoms with E-state index < -0.39 is 15.9 Å². The fourth-order valence-corrected chi connectivity index (χ4v) is 5.30. The molecule has 114 valence electrons. The van der Waals surface area contributed by atoms with Crippen molar-refractivity contribution in [2.45, 2.75) is 45.8 Å². The lowest BCUT2D eigenvalue weighted by Gasteiger charge is -2.17. The number of aromatic nitrogens is 2. The van der Waals surface area contributed by atoms with Crippen LogP contribution in [0, 0.1) is 5.92 Å². The minimum absolute atomic E-state index is 0.104. The average molecular weight is 365 g/mol. The van der Waals surface area contributed by atoms with Gasteiger partial charge in [0, 0.05) is 18.9 Å². The van der Waals surface area contributed by atoms with Crippen LogP contribution in [0.2, 0.25) is 0 Å². The highest BCUT2D eigenvalue weighted by atomic mass is 79.9. The zero-order valence-electron chi connectivity index (χ0n) is 11.8. The van der Waals surface area contributed by atoms with E-state index in [1.807, 2.05) is 18.5 Å². The normalized spacial score (nSPS) is 23.1. The molecule has 0 bridgehead atoms. The van der Waals surface area contributed by atoms with Crippen LogP contribution < -0.4 is 0 Å². The standard InChI is InChI=1S/C13H21BrN2O3S/c1-3-10-13(14)11(16(4-2)15-10)7-12(17)9-5-6-20(18,19)8-9/h9,12,17H,3-8H2,1-2H3. The van der Waals surface area contributed by atoms with E-state index in [9.17, 15) is 13.5 Å². The molecule has 1 aliphatic rings. The monoisotopic (exact) mass is 364 g/mol. The summed E-state index contributed by atoms with van der Waals surface area (Å²) in [6.07, 6.45) is 1.20. The third kappa shape index (κ3) is 3.26. The second-order valence-electron chi connectivity index (χ2n) is 5.31. The van der Waals surface area contributed by atoms with E-state index in [0.29, 0.717) is 12.8 Å². The van der Waals surface area contributed by atoms with Crippen LogP contribution in [0.4, 0.5) is 0 Å². The van der Waals surface area contributed by atoms with Crippen LogP contribution in [0.5, 0.6) is 0 Å². The van der Waals surface area contributed by atoms with Gasteiger partial charge in [0.1, 0.15) is 0 Å². The van der Waals surface area contributed by atoms with Crippen molar-refractivity contribution >= 4 is 25.8 Å². The second kappa shape index (κ2) is 6.15. The molecule has 2 atom stereocenters. The van der Waals surface area contributed by atoms with Gasteiger partial charge in [-0.05, 0) is 35.7 Å². The van der Waals surface area contributed by atoms with Gasteiger partial charge in [-0.3, -0.25) is 4.68 Å². The topological polar surface area (TPSA) is 72.2 Å². The van der Waals surface area contributed by atoms with Crippen molar-refractivity contribution in [2.24, 2.45) is 5.92 Å². The molecule has 0 aromatic carbocycles. The van der Waals surface area contributed by atoms with Gasteiger partial charge in [0.2, 0.25) is 0 Å². The Hall–Kier alpha value is -0.400. The van der Waals surface area contributed by atoms with E-state index in [-0.39, 0.29) is 17.4 Å². The molecule has 2 rings (SSSR count). The molecule has 1 aromatic rings. The lowest BCUT2D eigenvalue weighted by atomic mass is 9.98. The molecule has 2 heterocycles. The maximum absolute atomic E-state index is 11.5. The zero-order chi connectivity index (χ0) is 14.9. The highest BCUT2D eigenvalue weighted by molar-refractivity contribution is 9.10. The average Bonchev–Trinajstić information content (AvgIpc) is 2.91. The fraction of sp³-hybridized carbons (Fsp3) is 0.769. The first-order valence-corrected chi connectivity index (χ1v) is 9.62. The highest BCUT2D eigenvalue weighted by Crippen LogP contribution is 2.28. The Balaban J connectivity index is 2.15. The van der Waals surface area contributed by atoms with Gasteiger partial charge >= 0.3 is 0 Å². The van der Waals surface area contributed by atoms with Crippen molar-refractivity contribution in [1.29, 1.82) is 0 Å². The molecule has 1 aromatic heterocycles. The Morgan fingerprint density at radius 1 is 1.50 bits per heavy atom. The molecule has 1 saturated heterocycles. The van der Waals surface area contributed by atoms with Gasteiger partial charge in [-0.2, -0.15) is 5.10 Å².